The maximum absolute atomic E-state index is 12.7. The highest BCUT2D eigenvalue weighted by molar-refractivity contribution is 7.89. The number of carbonyl (C=O) groups is 1. The summed E-state index contributed by atoms with van der Waals surface area (Å²) in [5, 5.41) is 0. The molecule has 0 spiro atoms. The Balaban J connectivity index is 1.82. The van der Waals surface area contributed by atoms with Crippen LogP contribution in [0.15, 0.2) is 27.5 Å². The SMILES string of the molecule is COC(=O)N1CCN(S(=O)(=O)c2ccc3nc(C)oc3c2)CC1. The second-order valence-electron chi connectivity index (χ2n) is 5.22. The fourth-order valence-corrected chi connectivity index (χ4v) is 4.01. The lowest BCUT2D eigenvalue weighted by Gasteiger charge is -2.32. The number of rotatable bonds is 2. The first-order valence-electron chi connectivity index (χ1n) is 7.12. The molecule has 1 saturated heterocycles. The smallest absolute Gasteiger partial charge is 0.409 e. The maximum Gasteiger partial charge on any atom is 0.409 e. The van der Waals surface area contributed by atoms with Crippen LogP contribution in [-0.2, 0) is 14.8 Å². The molecule has 1 aromatic heterocycles. The molecular formula is C14H17N3O5S. The van der Waals surface area contributed by atoms with E-state index >= 15 is 0 Å². The number of ether oxygens (including phenoxy) is 1. The molecule has 1 aliphatic heterocycles. The first kappa shape index (κ1) is 15.8. The highest BCUT2D eigenvalue weighted by atomic mass is 32.2. The summed E-state index contributed by atoms with van der Waals surface area (Å²) in [6.45, 7) is 2.77. The van der Waals surface area contributed by atoms with Gasteiger partial charge in [-0.15, -0.1) is 0 Å². The minimum absolute atomic E-state index is 0.160. The quantitative estimate of drug-likeness (QED) is 0.816. The average molecular weight is 339 g/mol. The number of piperazine rings is 1. The van der Waals surface area contributed by atoms with Crippen molar-refractivity contribution >= 4 is 27.2 Å². The van der Waals surface area contributed by atoms with E-state index in [1.807, 2.05) is 0 Å². The second kappa shape index (κ2) is 5.82. The first-order chi connectivity index (χ1) is 10.9. The van der Waals surface area contributed by atoms with E-state index < -0.39 is 16.1 Å². The molecule has 0 N–H and O–H groups in total. The van der Waals surface area contributed by atoms with Gasteiger partial charge < -0.3 is 14.1 Å². The number of aromatic nitrogens is 1. The summed E-state index contributed by atoms with van der Waals surface area (Å²) < 4.78 is 36.8. The molecule has 0 unspecified atom stereocenters. The predicted octanol–water partition coefficient (Wildman–Crippen LogP) is 1.21. The predicted molar refractivity (Wildman–Crippen MR) is 81.5 cm³/mol. The minimum Gasteiger partial charge on any atom is -0.453 e. The number of hydrogen-bond donors (Lipinski definition) is 0. The van der Waals surface area contributed by atoms with Gasteiger partial charge in [0.1, 0.15) is 5.52 Å². The summed E-state index contributed by atoms with van der Waals surface area (Å²) in [5.74, 6) is 0.487. The molecule has 0 aliphatic carbocycles. The molecule has 23 heavy (non-hydrogen) atoms. The van der Waals surface area contributed by atoms with Gasteiger partial charge in [-0.05, 0) is 12.1 Å². The van der Waals surface area contributed by atoms with Crippen molar-refractivity contribution in [2.45, 2.75) is 11.8 Å². The van der Waals surface area contributed by atoms with Crippen LogP contribution in [0.5, 0.6) is 0 Å². The Hall–Kier alpha value is -2.13. The van der Waals surface area contributed by atoms with Gasteiger partial charge in [-0.25, -0.2) is 18.2 Å². The van der Waals surface area contributed by atoms with Gasteiger partial charge in [0.25, 0.3) is 0 Å². The summed E-state index contributed by atoms with van der Waals surface area (Å²) in [6, 6.07) is 4.63. The summed E-state index contributed by atoms with van der Waals surface area (Å²) in [4.78, 5) is 17.3. The molecule has 1 aliphatic rings. The number of amides is 1. The molecule has 0 saturated carbocycles. The minimum atomic E-state index is -3.63. The molecule has 2 heterocycles. The van der Waals surface area contributed by atoms with E-state index in [0.717, 1.165) is 0 Å². The molecule has 2 aromatic rings. The van der Waals surface area contributed by atoms with Crippen LogP contribution in [0.25, 0.3) is 11.1 Å². The van der Waals surface area contributed by atoms with Gasteiger partial charge in [0.2, 0.25) is 10.0 Å². The number of oxazole rings is 1. The molecule has 0 atom stereocenters. The second-order valence-corrected chi connectivity index (χ2v) is 7.16. The number of aryl methyl sites for hydroxylation is 1. The third kappa shape index (κ3) is 2.89. The van der Waals surface area contributed by atoms with Gasteiger partial charge in [-0.2, -0.15) is 4.31 Å². The molecule has 1 aromatic carbocycles. The molecule has 3 rings (SSSR count). The third-order valence-corrected chi connectivity index (χ3v) is 5.67. The number of nitrogens with zero attached hydrogens (tertiary/aromatic N) is 3. The van der Waals surface area contributed by atoms with E-state index in [0.29, 0.717) is 30.1 Å². The van der Waals surface area contributed by atoms with Crippen LogP contribution in [0.4, 0.5) is 4.79 Å². The fraction of sp³-hybridized carbons (Fsp3) is 0.429. The van der Waals surface area contributed by atoms with Gasteiger partial charge in [-0.1, -0.05) is 0 Å². The van der Waals surface area contributed by atoms with Gasteiger partial charge in [-0.3, -0.25) is 0 Å². The van der Waals surface area contributed by atoms with Crippen molar-refractivity contribution in [1.82, 2.24) is 14.2 Å². The standard InChI is InChI=1S/C14H17N3O5S/c1-10-15-12-4-3-11(9-13(12)22-10)23(19,20)17-7-5-16(6-8-17)14(18)21-2/h3-4,9H,5-8H2,1-2H3. The lowest BCUT2D eigenvalue weighted by Crippen LogP contribution is -2.50. The number of benzene rings is 1. The van der Waals surface area contributed by atoms with Crippen LogP contribution in [0.2, 0.25) is 0 Å². The highest BCUT2D eigenvalue weighted by Crippen LogP contribution is 2.23. The Morgan fingerprint density at radius 3 is 2.61 bits per heavy atom. The number of fused-ring (bicyclic) bond motifs is 1. The van der Waals surface area contributed by atoms with E-state index in [2.05, 4.69) is 9.72 Å². The van der Waals surface area contributed by atoms with Gasteiger partial charge >= 0.3 is 6.09 Å². The Kier molecular flexibility index (Phi) is 3.99. The third-order valence-electron chi connectivity index (χ3n) is 3.78. The van der Waals surface area contributed by atoms with Gasteiger partial charge in [0, 0.05) is 39.2 Å². The summed E-state index contributed by atoms with van der Waals surface area (Å²) in [6.07, 6.45) is -0.444. The van der Waals surface area contributed by atoms with Crippen molar-refractivity contribution in [3.8, 4) is 0 Å². The number of hydrogen-bond acceptors (Lipinski definition) is 6. The van der Waals surface area contributed by atoms with Crippen LogP contribution in [0, 0.1) is 6.92 Å². The van der Waals surface area contributed by atoms with E-state index in [1.54, 1.807) is 13.0 Å². The normalized spacial score (nSPS) is 16.7. The van der Waals surface area contributed by atoms with Gasteiger partial charge in [0.15, 0.2) is 11.5 Å². The first-order valence-corrected chi connectivity index (χ1v) is 8.56. The molecule has 1 amide bonds. The Bertz CT molecular complexity index is 837. The van der Waals surface area contributed by atoms with Crippen LogP contribution in [-0.4, -0.2) is 62.0 Å². The van der Waals surface area contributed by atoms with E-state index in [1.165, 1.54) is 28.4 Å². The van der Waals surface area contributed by atoms with Crippen LogP contribution < -0.4 is 0 Å². The zero-order chi connectivity index (χ0) is 16.6. The number of sulfonamides is 1. The zero-order valence-electron chi connectivity index (χ0n) is 12.9. The highest BCUT2D eigenvalue weighted by Gasteiger charge is 2.30. The molecule has 9 heteroatoms. The van der Waals surface area contributed by atoms with Crippen LogP contribution >= 0.6 is 0 Å². The maximum atomic E-state index is 12.7. The van der Waals surface area contributed by atoms with Crippen molar-refractivity contribution in [3.63, 3.8) is 0 Å². The van der Waals surface area contributed by atoms with Crippen molar-refractivity contribution in [2.75, 3.05) is 33.3 Å². The van der Waals surface area contributed by atoms with E-state index in [9.17, 15) is 13.2 Å². The van der Waals surface area contributed by atoms with Crippen LogP contribution in [0.1, 0.15) is 5.89 Å². The molecule has 1 fully saturated rings. The summed E-state index contributed by atoms with van der Waals surface area (Å²) in [5.41, 5.74) is 1.06. The lowest BCUT2D eigenvalue weighted by atomic mass is 10.3. The van der Waals surface area contributed by atoms with Crippen molar-refractivity contribution < 1.29 is 22.4 Å². The molecule has 8 nitrogen and oxygen atoms in total. The van der Waals surface area contributed by atoms with E-state index in [-0.39, 0.29) is 18.0 Å². The van der Waals surface area contributed by atoms with Crippen molar-refractivity contribution in [1.29, 1.82) is 0 Å². The Labute approximate surface area is 133 Å². The monoisotopic (exact) mass is 339 g/mol. The molecule has 0 radical (unpaired) electrons. The Morgan fingerprint density at radius 2 is 1.96 bits per heavy atom. The zero-order valence-corrected chi connectivity index (χ0v) is 13.7. The summed E-state index contributed by atoms with van der Waals surface area (Å²) in [7, 11) is -2.33. The average Bonchev–Trinajstić information content (AvgIpc) is 2.93. The van der Waals surface area contributed by atoms with Crippen LogP contribution in [0.3, 0.4) is 0 Å². The van der Waals surface area contributed by atoms with Gasteiger partial charge in [0.05, 0.1) is 12.0 Å². The molecule has 124 valence electrons. The summed E-state index contributed by atoms with van der Waals surface area (Å²) >= 11 is 0. The van der Waals surface area contributed by atoms with Crippen molar-refractivity contribution in [2.24, 2.45) is 0 Å². The number of methoxy groups -OCH3 is 1. The molecule has 0 bridgehead atoms. The topological polar surface area (TPSA) is 93.0 Å². The number of carbonyl (C=O) groups excluding carboxylic acids is 1. The lowest BCUT2D eigenvalue weighted by molar-refractivity contribution is 0.108. The van der Waals surface area contributed by atoms with E-state index in [4.69, 9.17) is 4.42 Å². The largest absolute Gasteiger partial charge is 0.453 e. The fourth-order valence-electron chi connectivity index (χ4n) is 2.57. The Morgan fingerprint density at radius 1 is 1.26 bits per heavy atom. The molecular weight excluding hydrogens is 322 g/mol. The van der Waals surface area contributed by atoms with Crippen molar-refractivity contribution in [3.05, 3.63) is 24.1 Å².